The largest absolute Gasteiger partial charge is 0.416 e. The minimum absolute atomic E-state index is 0.0454. The molecule has 1 heterocycles. The van der Waals surface area contributed by atoms with Crippen LogP contribution in [0.2, 0.25) is 0 Å². The molecule has 2 aromatic carbocycles. The molecule has 8 heteroatoms. The number of rotatable bonds is 2. The van der Waals surface area contributed by atoms with Crippen molar-refractivity contribution in [2.45, 2.75) is 11.6 Å². The highest BCUT2D eigenvalue weighted by Gasteiger charge is 2.33. The summed E-state index contributed by atoms with van der Waals surface area (Å²) >= 11 is 1.41. The highest BCUT2D eigenvalue weighted by molar-refractivity contribution is 7.99. The predicted octanol–water partition coefficient (Wildman–Crippen LogP) is 5.12. The smallest absolute Gasteiger partial charge is 0.308 e. The van der Waals surface area contributed by atoms with Gasteiger partial charge in [-0.3, -0.25) is 0 Å². The lowest BCUT2D eigenvalue weighted by Gasteiger charge is -2.25. The molecule has 132 valence electrons. The Kier molecular flexibility index (Phi) is 4.89. The Labute approximate surface area is 146 Å². The third kappa shape index (κ3) is 3.89. The molecule has 0 radical (unpaired) electrons. The van der Waals surface area contributed by atoms with Crippen LogP contribution in [-0.2, 0) is 6.18 Å². The Morgan fingerprint density at radius 1 is 1.16 bits per heavy atom. The lowest BCUT2D eigenvalue weighted by atomic mass is 10.2. The number of thioether (sulfide) groups is 1. The van der Waals surface area contributed by atoms with E-state index < -0.39 is 29.0 Å². The minimum Gasteiger partial charge on any atom is -0.308 e. The molecule has 2 amide bonds. The molecule has 0 saturated carbocycles. The van der Waals surface area contributed by atoms with Crippen molar-refractivity contribution >= 4 is 23.5 Å². The molecule has 1 atom stereocenters. The van der Waals surface area contributed by atoms with Gasteiger partial charge in [0.2, 0.25) is 0 Å². The van der Waals surface area contributed by atoms with Crippen LogP contribution >= 0.6 is 11.8 Å². The van der Waals surface area contributed by atoms with Gasteiger partial charge in [-0.1, -0.05) is 24.3 Å². The Bertz CT molecular complexity index is 781. The number of nitrogens with zero attached hydrogens (tertiary/aromatic N) is 1. The Morgan fingerprint density at radius 2 is 1.92 bits per heavy atom. The first-order valence-corrected chi connectivity index (χ1v) is 8.52. The molecule has 3 nitrogen and oxygen atoms in total. The van der Waals surface area contributed by atoms with Crippen molar-refractivity contribution in [2.75, 3.05) is 17.6 Å². The zero-order chi connectivity index (χ0) is 18.0. The zero-order valence-corrected chi connectivity index (χ0v) is 13.7. The quantitative estimate of drug-likeness (QED) is 0.744. The summed E-state index contributed by atoms with van der Waals surface area (Å²) in [6.07, 6.45) is -4.49. The molecule has 1 N–H and O–H groups in total. The number of benzene rings is 2. The van der Waals surface area contributed by atoms with Crippen LogP contribution in [-0.4, -0.2) is 23.2 Å². The second kappa shape index (κ2) is 6.95. The Balaban J connectivity index is 1.78. The van der Waals surface area contributed by atoms with E-state index in [2.05, 4.69) is 5.32 Å². The molecule has 1 aliphatic heterocycles. The molecule has 2 aromatic rings. The molecule has 1 saturated heterocycles. The fourth-order valence-corrected chi connectivity index (χ4v) is 3.86. The van der Waals surface area contributed by atoms with Crippen molar-refractivity contribution in [3.63, 3.8) is 0 Å². The van der Waals surface area contributed by atoms with Gasteiger partial charge in [0, 0.05) is 23.5 Å². The van der Waals surface area contributed by atoms with Crippen LogP contribution in [0.4, 0.5) is 28.0 Å². The van der Waals surface area contributed by atoms with Gasteiger partial charge in [-0.05, 0) is 24.3 Å². The van der Waals surface area contributed by atoms with Gasteiger partial charge >= 0.3 is 12.2 Å². The molecule has 25 heavy (non-hydrogen) atoms. The lowest BCUT2D eigenvalue weighted by molar-refractivity contribution is -0.137. The van der Waals surface area contributed by atoms with Gasteiger partial charge in [0.25, 0.3) is 0 Å². The van der Waals surface area contributed by atoms with E-state index in [0.29, 0.717) is 17.9 Å². The maximum absolute atomic E-state index is 14.0. The SMILES string of the molecule is O=C(Nc1cccc(C(F)(F)F)c1)N1CCS[C@@H]1c1ccccc1F. The van der Waals surface area contributed by atoms with E-state index in [0.717, 1.165) is 12.1 Å². The van der Waals surface area contributed by atoms with Crippen LogP contribution in [0.15, 0.2) is 48.5 Å². The fourth-order valence-electron chi connectivity index (χ4n) is 2.58. The summed E-state index contributed by atoms with van der Waals surface area (Å²) in [6.45, 7) is 0.383. The average molecular weight is 370 g/mol. The summed E-state index contributed by atoms with van der Waals surface area (Å²) in [5.41, 5.74) is -0.417. The number of amides is 2. The third-order valence-electron chi connectivity index (χ3n) is 3.76. The summed E-state index contributed by atoms with van der Waals surface area (Å²) in [5.74, 6) is 0.202. The van der Waals surface area contributed by atoms with E-state index in [-0.39, 0.29) is 5.69 Å². The van der Waals surface area contributed by atoms with Crippen molar-refractivity contribution in [2.24, 2.45) is 0 Å². The number of hydrogen-bond acceptors (Lipinski definition) is 2. The van der Waals surface area contributed by atoms with Crippen molar-refractivity contribution in [1.29, 1.82) is 0 Å². The van der Waals surface area contributed by atoms with E-state index in [4.69, 9.17) is 0 Å². The third-order valence-corrected chi connectivity index (χ3v) is 5.01. The van der Waals surface area contributed by atoms with Crippen molar-refractivity contribution in [3.05, 3.63) is 65.5 Å². The van der Waals surface area contributed by atoms with E-state index >= 15 is 0 Å². The standard InChI is InChI=1S/C17H14F4N2OS/c18-14-7-2-1-6-13(14)15-23(8-9-25-15)16(24)22-12-5-3-4-11(10-12)17(19,20)21/h1-7,10,15H,8-9H2,(H,22,24)/t15-/m1/s1. The normalized spacial score (nSPS) is 17.6. The number of alkyl halides is 3. The number of nitrogens with one attached hydrogen (secondary N) is 1. The minimum atomic E-state index is -4.49. The topological polar surface area (TPSA) is 32.3 Å². The van der Waals surface area contributed by atoms with E-state index in [1.54, 1.807) is 18.2 Å². The molecule has 0 aliphatic carbocycles. The monoisotopic (exact) mass is 370 g/mol. The first kappa shape index (κ1) is 17.6. The molecule has 3 rings (SSSR count). The number of carbonyl (C=O) groups is 1. The summed E-state index contributed by atoms with van der Waals surface area (Å²) in [6, 6.07) is 10.0. The molecule has 0 unspecified atom stereocenters. The van der Waals surface area contributed by atoms with E-state index in [9.17, 15) is 22.4 Å². The number of carbonyl (C=O) groups excluding carboxylic acids is 1. The van der Waals surface area contributed by atoms with Gasteiger partial charge in [-0.25, -0.2) is 9.18 Å². The van der Waals surface area contributed by atoms with Gasteiger partial charge in [-0.15, -0.1) is 11.8 Å². The van der Waals surface area contributed by atoms with Crippen LogP contribution in [0, 0.1) is 5.82 Å². The van der Waals surface area contributed by atoms with Gasteiger partial charge in [-0.2, -0.15) is 13.2 Å². The summed E-state index contributed by atoms with van der Waals surface area (Å²) < 4.78 is 52.3. The highest BCUT2D eigenvalue weighted by atomic mass is 32.2. The van der Waals surface area contributed by atoms with E-state index in [1.165, 1.54) is 34.9 Å². The van der Waals surface area contributed by atoms with Gasteiger partial charge in [0.15, 0.2) is 0 Å². The van der Waals surface area contributed by atoms with Gasteiger partial charge in [0.05, 0.1) is 5.56 Å². The number of halogens is 4. The molecule has 0 bridgehead atoms. The Morgan fingerprint density at radius 3 is 2.64 bits per heavy atom. The second-order valence-electron chi connectivity index (χ2n) is 5.45. The molecular weight excluding hydrogens is 356 g/mol. The highest BCUT2D eigenvalue weighted by Crippen LogP contribution is 2.39. The molecule has 1 fully saturated rings. The average Bonchev–Trinajstić information content (AvgIpc) is 3.04. The Hall–Kier alpha value is -2.22. The van der Waals surface area contributed by atoms with Crippen LogP contribution < -0.4 is 5.32 Å². The number of urea groups is 1. The maximum atomic E-state index is 14.0. The predicted molar refractivity (Wildman–Crippen MR) is 88.8 cm³/mol. The number of hydrogen-bond donors (Lipinski definition) is 1. The second-order valence-corrected chi connectivity index (χ2v) is 6.63. The molecular formula is C17H14F4N2OS. The fraction of sp³-hybridized carbons (Fsp3) is 0.235. The van der Waals surface area contributed by atoms with Gasteiger partial charge in [0.1, 0.15) is 11.2 Å². The molecule has 1 aliphatic rings. The lowest BCUT2D eigenvalue weighted by Crippen LogP contribution is -2.34. The van der Waals surface area contributed by atoms with Crippen molar-refractivity contribution < 1.29 is 22.4 Å². The van der Waals surface area contributed by atoms with Crippen LogP contribution in [0.25, 0.3) is 0 Å². The van der Waals surface area contributed by atoms with Gasteiger partial charge < -0.3 is 10.2 Å². The molecule has 0 spiro atoms. The van der Waals surface area contributed by atoms with Crippen LogP contribution in [0.5, 0.6) is 0 Å². The molecule has 0 aromatic heterocycles. The first-order chi connectivity index (χ1) is 11.9. The van der Waals surface area contributed by atoms with Crippen molar-refractivity contribution in [3.8, 4) is 0 Å². The summed E-state index contributed by atoms with van der Waals surface area (Å²) in [5, 5.41) is 1.96. The summed E-state index contributed by atoms with van der Waals surface area (Å²) in [4.78, 5) is 13.9. The van der Waals surface area contributed by atoms with Crippen molar-refractivity contribution in [1.82, 2.24) is 4.90 Å². The summed E-state index contributed by atoms with van der Waals surface area (Å²) in [7, 11) is 0. The zero-order valence-electron chi connectivity index (χ0n) is 12.9. The maximum Gasteiger partial charge on any atom is 0.416 e. The van der Waals surface area contributed by atoms with Crippen LogP contribution in [0.3, 0.4) is 0 Å². The van der Waals surface area contributed by atoms with E-state index in [1.807, 2.05) is 0 Å². The first-order valence-electron chi connectivity index (χ1n) is 7.47. The van der Waals surface area contributed by atoms with Crippen LogP contribution in [0.1, 0.15) is 16.5 Å². The number of anilines is 1.